The third-order valence-electron chi connectivity index (χ3n) is 3.02. The molecule has 0 aliphatic carbocycles. The van der Waals surface area contributed by atoms with Crippen molar-refractivity contribution in [3.63, 3.8) is 0 Å². The Bertz CT molecular complexity index is 470. The second-order valence-corrected chi connectivity index (χ2v) is 5.04. The SMILES string of the molecule is NC(=S)c1ccc(NC(=O)CCOC2CCOC2)cc1. The van der Waals surface area contributed by atoms with Gasteiger partial charge < -0.3 is 20.5 Å². The summed E-state index contributed by atoms with van der Waals surface area (Å²) in [7, 11) is 0. The lowest BCUT2D eigenvalue weighted by Crippen LogP contribution is -2.18. The fourth-order valence-electron chi connectivity index (χ4n) is 1.90. The third-order valence-corrected chi connectivity index (χ3v) is 3.26. The minimum Gasteiger partial charge on any atom is -0.389 e. The number of amides is 1. The minimum absolute atomic E-state index is 0.0769. The van der Waals surface area contributed by atoms with Gasteiger partial charge in [-0.1, -0.05) is 12.2 Å². The van der Waals surface area contributed by atoms with Crippen LogP contribution in [0.3, 0.4) is 0 Å². The van der Waals surface area contributed by atoms with Crippen LogP contribution in [-0.4, -0.2) is 36.8 Å². The van der Waals surface area contributed by atoms with Gasteiger partial charge in [-0.25, -0.2) is 0 Å². The molecule has 1 aliphatic heterocycles. The predicted octanol–water partition coefficient (Wildman–Crippen LogP) is 1.45. The van der Waals surface area contributed by atoms with E-state index >= 15 is 0 Å². The van der Waals surface area contributed by atoms with Crippen LogP contribution in [0.25, 0.3) is 0 Å². The molecule has 0 radical (unpaired) electrons. The van der Waals surface area contributed by atoms with Crippen molar-refractivity contribution in [3.05, 3.63) is 29.8 Å². The van der Waals surface area contributed by atoms with Crippen LogP contribution in [0.4, 0.5) is 5.69 Å². The zero-order chi connectivity index (χ0) is 14.4. The molecule has 1 fully saturated rings. The maximum absolute atomic E-state index is 11.7. The van der Waals surface area contributed by atoms with Crippen LogP contribution in [0, 0.1) is 0 Å². The zero-order valence-corrected chi connectivity index (χ0v) is 11.9. The van der Waals surface area contributed by atoms with E-state index in [-0.39, 0.29) is 12.0 Å². The normalized spacial score (nSPS) is 17.9. The number of nitrogens with two attached hydrogens (primary N) is 1. The van der Waals surface area contributed by atoms with Crippen LogP contribution in [0.1, 0.15) is 18.4 Å². The van der Waals surface area contributed by atoms with Crippen molar-refractivity contribution in [2.45, 2.75) is 18.9 Å². The van der Waals surface area contributed by atoms with Crippen molar-refractivity contribution >= 4 is 28.8 Å². The first kappa shape index (κ1) is 14.9. The van der Waals surface area contributed by atoms with Gasteiger partial charge >= 0.3 is 0 Å². The van der Waals surface area contributed by atoms with Gasteiger partial charge in [-0.3, -0.25) is 4.79 Å². The van der Waals surface area contributed by atoms with E-state index in [2.05, 4.69) is 5.32 Å². The summed E-state index contributed by atoms with van der Waals surface area (Å²) in [4.78, 5) is 12.1. The number of hydrogen-bond donors (Lipinski definition) is 2. The molecule has 2 rings (SSSR count). The van der Waals surface area contributed by atoms with Crippen molar-refractivity contribution in [2.24, 2.45) is 5.73 Å². The Kier molecular flexibility index (Phi) is 5.46. The van der Waals surface area contributed by atoms with Crippen LogP contribution in [-0.2, 0) is 14.3 Å². The van der Waals surface area contributed by atoms with E-state index in [1.54, 1.807) is 24.3 Å². The van der Waals surface area contributed by atoms with Gasteiger partial charge in [-0.15, -0.1) is 0 Å². The van der Waals surface area contributed by atoms with Crippen molar-refractivity contribution in [3.8, 4) is 0 Å². The van der Waals surface area contributed by atoms with E-state index in [1.165, 1.54) is 0 Å². The van der Waals surface area contributed by atoms with Gasteiger partial charge in [0.1, 0.15) is 4.99 Å². The lowest BCUT2D eigenvalue weighted by atomic mass is 10.2. The maximum atomic E-state index is 11.7. The van der Waals surface area contributed by atoms with Crippen LogP contribution < -0.4 is 11.1 Å². The number of hydrogen-bond acceptors (Lipinski definition) is 4. The fraction of sp³-hybridized carbons (Fsp3) is 0.429. The molecule has 0 spiro atoms. The molecule has 1 atom stereocenters. The highest BCUT2D eigenvalue weighted by Gasteiger charge is 2.16. The van der Waals surface area contributed by atoms with E-state index in [9.17, 15) is 4.79 Å². The number of nitrogens with one attached hydrogen (secondary N) is 1. The highest BCUT2D eigenvalue weighted by molar-refractivity contribution is 7.80. The summed E-state index contributed by atoms with van der Waals surface area (Å²) >= 11 is 4.87. The van der Waals surface area contributed by atoms with E-state index in [0.29, 0.717) is 24.6 Å². The molecule has 0 aromatic heterocycles. The number of anilines is 1. The topological polar surface area (TPSA) is 73.6 Å². The van der Waals surface area contributed by atoms with Gasteiger partial charge in [0.2, 0.25) is 5.91 Å². The molecule has 1 unspecified atom stereocenters. The lowest BCUT2D eigenvalue weighted by Gasteiger charge is -2.10. The maximum Gasteiger partial charge on any atom is 0.226 e. The van der Waals surface area contributed by atoms with Gasteiger partial charge in [-0.05, 0) is 30.7 Å². The molecule has 3 N–H and O–H groups in total. The molecule has 0 bridgehead atoms. The average molecular weight is 294 g/mol. The Hall–Kier alpha value is -1.50. The number of benzene rings is 1. The summed E-state index contributed by atoms with van der Waals surface area (Å²) in [6.45, 7) is 1.78. The van der Waals surface area contributed by atoms with Gasteiger partial charge in [0.25, 0.3) is 0 Å². The van der Waals surface area contributed by atoms with E-state index < -0.39 is 0 Å². The Labute approximate surface area is 123 Å². The molecule has 1 aromatic carbocycles. The molecular formula is C14H18N2O3S. The molecule has 108 valence electrons. The molecule has 1 aliphatic rings. The summed E-state index contributed by atoms with van der Waals surface area (Å²) in [6.07, 6.45) is 1.36. The Morgan fingerprint density at radius 3 is 2.80 bits per heavy atom. The first-order valence-electron chi connectivity index (χ1n) is 6.54. The van der Waals surface area contributed by atoms with Crippen LogP contribution in [0.2, 0.25) is 0 Å². The van der Waals surface area contributed by atoms with Crippen molar-refractivity contribution < 1.29 is 14.3 Å². The molecule has 5 nitrogen and oxygen atoms in total. The van der Waals surface area contributed by atoms with Gasteiger partial charge in [-0.2, -0.15) is 0 Å². The average Bonchev–Trinajstić information content (AvgIpc) is 2.92. The van der Waals surface area contributed by atoms with E-state index in [4.69, 9.17) is 27.4 Å². The number of rotatable bonds is 6. The number of ether oxygens (including phenoxy) is 2. The molecule has 1 heterocycles. The zero-order valence-electron chi connectivity index (χ0n) is 11.1. The summed E-state index contributed by atoms with van der Waals surface area (Å²) < 4.78 is 10.7. The molecule has 1 saturated heterocycles. The van der Waals surface area contributed by atoms with Crippen molar-refractivity contribution in [1.82, 2.24) is 0 Å². The van der Waals surface area contributed by atoms with Crippen molar-refractivity contribution in [1.29, 1.82) is 0 Å². The van der Waals surface area contributed by atoms with Crippen molar-refractivity contribution in [2.75, 3.05) is 25.1 Å². The molecule has 1 aromatic rings. The molecule has 0 saturated carbocycles. The molecular weight excluding hydrogens is 276 g/mol. The molecule has 20 heavy (non-hydrogen) atoms. The van der Waals surface area contributed by atoms with Gasteiger partial charge in [0.05, 0.1) is 25.7 Å². The number of thiocarbonyl (C=S) groups is 1. The standard InChI is InChI=1S/C14H18N2O3S/c15-14(20)10-1-3-11(4-2-10)16-13(17)6-8-19-12-5-7-18-9-12/h1-4,12H,5-9H2,(H2,15,20)(H,16,17). The first-order chi connectivity index (χ1) is 9.65. The second kappa shape index (κ2) is 7.33. The smallest absolute Gasteiger partial charge is 0.226 e. The van der Waals surface area contributed by atoms with E-state index in [0.717, 1.165) is 24.3 Å². The van der Waals surface area contributed by atoms with Crippen LogP contribution in [0.5, 0.6) is 0 Å². The summed E-state index contributed by atoms with van der Waals surface area (Å²) in [5, 5.41) is 2.80. The molecule has 6 heteroatoms. The largest absolute Gasteiger partial charge is 0.389 e. The fourth-order valence-corrected chi connectivity index (χ4v) is 2.04. The highest BCUT2D eigenvalue weighted by Crippen LogP contribution is 2.11. The van der Waals surface area contributed by atoms with Crippen LogP contribution >= 0.6 is 12.2 Å². The Morgan fingerprint density at radius 1 is 1.45 bits per heavy atom. The summed E-state index contributed by atoms with van der Waals surface area (Å²) in [5.41, 5.74) is 7.01. The van der Waals surface area contributed by atoms with E-state index in [1.807, 2.05) is 0 Å². The Balaban J connectivity index is 1.71. The Morgan fingerprint density at radius 2 is 2.20 bits per heavy atom. The number of carbonyl (C=O) groups is 1. The quantitative estimate of drug-likeness (QED) is 0.777. The van der Waals surface area contributed by atoms with Gasteiger partial charge in [0, 0.05) is 17.9 Å². The third kappa shape index (κ3) is 4.56. The first-order valence-corrected chi connectivity index (χ1v) is 6.95. The lowest BCUT2D eigenvalue weighted by molar-refractivity contribution is -0.117. The monoisotopic (exact) mass is 294 g/mol. The summed E-state index contributed by atoms with van der Waals surface area (Å²) in [6, 6.07) is 7.12. The number of carbonyl (C=O) groups excluding carboxylic acids is 1. The minimum atomic E-state index is -0.0769. The molecule has 1 amide bonds. The van der Waals surface area contributed by atoms with Gasteiger partial charge in [0.15, 0.2) is 0 Å². The summed E-state index contributed by atoms with van der Waals surface area (Å²) in [5.74, 6) is -0.0769. The van der Waals surface area contributed by atoms with Crippen LogP contribution in [0.15, 0.2) is 24.3 Å². The highest BCUT2D eigenvalue weighted by atomic mass is 32.1. The second-order valence-electron chi connectivity index (χ2n) is 4.60. The predicted molar refractivity (Wildman–Crippen MR) is 80.8 cm³/mol.